The van der Waals surface area contributed by atoms with Crippen molar-refractivity contribution in [3.05, 3.63) is 58.0 Å². The first-order valence-corrected chi connectivity index (χ1v) is 6.36. The number of hydrogen-bond acceptors (Lipinski definition) is 2. The van der Waals surface area contributed by atoms with Gasteiger partial charge in [0.2, 0.25) is 5.56 Å². The topological polar surface area (TPSA) is 58.9 Å². The Kier molecular flexibility index (Phi) is 2.35. The SMILES string of the molecule is C=C[C@H]1[C@@H]2C=C(C)C[C@@]1(N)c1ccc(=O)[nH]c1C2. The predicted octanol–water partition coefficient (Wildman–Crippen LogP) is 1.85. The zero-order valence-electron chi connectivity index (χ0n) is 10.6. The van der Waals surface area contributed by atoms with Crippen molar-refractivity contribution in [2.45, 2.75) is 25.3 Å². The van der Waals surface area contributed by atoms with Gasteiger partial charge in [-0.05, 0) is 37.3 Å². The van der Waals surface area contributed by atoms with E-state index in [-0.39, 0.29) is 11.5 Å². The smallest absolute Gasteiger partial charge is 0.248 e. The van der Waals surface area contributed by atoms with E-state index in [2.05, 4.69) is 24.6 Å². The van der Waals surface area contributed by atoms with Crippen molar-refractivity contribution >= 4 is 0 Å². The third kappa shape index (κ3) is 1.44. The maximum Gasteiger partial charge on any atom is 0.248 e. The number of fused-ring (bicyclic) bond motifs is 4. The minimum absolute atomic E-state index is 0.0480. The van der Waals surface area contributed by atoms with Crippen molar-refractivity contribution in [1.29, 1.82) is 0 Å². The summed E-state index contributed by atoms with van der Waals surface area (Å²) in [5.41, 5.74) is 9.62. The molecule has 0 aromatic carbocycles. The number of rotatable bonds is 1. The van der Waals surface area contributed by atoms with E-state index in [4.69, 9.17) is 5.73 Å². The highest BCUT2D eigenvalue weighted by Crippen LogP contribution is 2.48. The van der Waals surface area contributed by atoms with Crippen LogP contribution in [-0.4, -0.2) is 4.98 Å². The van der Waals surface area contributed by atoms with Crippen LogP contribution >= 0.6 is 0 Å². The number of H-pyrrole nitrogens is 1. The third-order valence-electron chi connectivity index (χ3n) is 4.32. The van der Waals surface area contributed by atoms with Crippen molar-refractivity contribution in [1.82, 2.24) is 4.98 Å². The monoisotopic (exact) mass is 242 g/mol. The molecule has 2 aliphatic carbocycles. The molecule has 2 aliphatic rings. The first-order chi connectivity index (χ1) is 8.54. The van der Waals surface area contributed by atoms with E-state index in [9.17, 15) is 4.79 Å². The second-order valence-corrected chi connectivity index (χ2v) is 5.57. The van der Waals surface area contributed by atoms with Crippen molar-refractivity contribution in [3.63, 3.8) is 0 Å². The van der Waals surface area contributed by atoms with Crippen molar-refractivity contribution in [2.75, 3.05) is 0 Å². The molecule has 3 N–H and O–H groups in total. The highest BCUT2D eigenvalue weighted by Gasteiger charge is 2.46. The van der Waals surface area contributed by atoms with Crippen LogP contribution in [0, 0.1) is 11.8 Å². The molecule has 0 unspecified atom stereocenters. The van der Waals surface area contributed by atoms with Gasteiger partial charge in [0, 0.05) is 17.7 Å². The summed E-state index contributed by atoms with van der Waals surface area (Å²) in [6.45, 7) is 6.08. The van der Waals surface area contributed by atoms with Gasteiger partial charge in [0.05, 0.1) is 5.54 Å². The lowest BCUT2D eigenvalue weighted by Crippen LogP contribution is -2.52. The molecule has 0 fully saturated rings. The molecule has 1 heterocycles. The van der Waals surface area contributed by atoms with Crippen LogP contribution in [-0.2, 0) is 12.0 Å². The van der Waals surface area contributed by atoms with Crippen molar-refractivity contribution in [2.24, 2.45) is 17.6 Å². The summed E-state index contributed by atoms with van der Waals surface area (Å²) in [6.07, 6.45) is 5.94. The maximum absolute atomic E-state index is 11.4. The predicted molar refractivity (Wildman–Crippen MR) is 72.2 cm³/mol. The Labute approximate surface area is 106 Å². The Bertz CT molecular complexity index is 599. The van der Waals surface area contributed by atoms with Crippen LogP contribution < -0.4 is 11.3 Å². The normalized spacial score (nSPS) is 33.6. The third-order valence-corrected chi connectivity index (χ3v) is 4.32. The largest absolute Gasteiger partial charge is 0.326 e. The second kappa shape index (κ2) is 3.69. The Morgan fingerprint density at radius 2 is 2.33 bits per heavy atom. The first-order valence-electron chi connectivity index (χ1n) is 6.36. The van der Waals surface area contributed by atoms with E-state index in [0.29, 0.717) is 5.92 Å². The summed E-state index contributed by atoms with van der Waals surface area (Å²) in [6, 6.07) is 3.46. The number of aromatic amines is 1. The lowest BCUT2D eigenvalue weighted by molar-refractivity contribution is 0.219. The molecule has 2 bridgehead atoms. The van der Waals surface area contributed by atoms with Gasteiger partial charge in [-0.1, -0.05) is 17.7 Å². The fourth-order valence-corrected chi connectivity index (χ4v) is 3.69. The summed E-state index contributed by atoms with van der Waals surface area (Å²) in [5.74, 6) is 0.603. The summed E-state index contributed by atoms with van der Waals surface area (Å²) < 4.78 is 0. The summed E-state index contributed by atoms with van der Waals surface area (Å²) in [5, 5.41) is 0. The second-order valence-electron chi connectivity index (χ2n) is 5.57. The molecule has 0 aliphatic heterocycles. The van der Waals surface area contributed by atoms with Gasteiger partial charge in [-0.2, -0.15) is 0 Å². The van der Waals surface area contributed by atoms with E-state index in [1.165, 1.54) is 5.57 Å². The lowest BCUT2D eigenvalue weighted by Gasteiger charge is -2.48. The van der Waals surface area contributed by atoms with Gasteiger partial charge >= 0.3 is 0 Å². The molecule has 3 atom stereocenters. The van der Waals surface area contributed by atoms with Crippen LogP contribution in [0.4, 0.5) is 0 Å². The van der Waals surface area contributed by atoms with Crippen molar-refractivity contribution < 1.29 is 0 Å². The maximum atomic E-state index is 11.4. The van der Waals surface area contributed by atoms with E-state index in [1.54, 1.807) is 6.07 Å². The van der Waals surface area contributed by atoms with Crippen LogP contribution in [0.1, 0.15) is 24.6 Å². The molecular formula is C15H18N2O. The average Bonchev–Trinajstić information content (AvgIpc) is 2.26. The van der Waals surface area contributed by atoms with Gasteiger partial charge in [-0.15, -0.1) is 6.58 Å². The van der Waals surface area contributed by atoms with Crippen LogP contribution in [0.2, 0.25) is 0 Å². The van der Waals surface area contributed by atoms with Gasteiger partial charge in [0.25, 0.3) is 0 Å². The summed E-state index contributed by atoms with van der Waals surface area (Å²) >= 11 is 0. The molecule has 1 aromatic heterocycles. The molecule has 0 amide bonds. The fraction of sp³-hybridized carbons (Fsp3) is 0.400. The average molecular weight is 242 g/mol. The van der Waals surface area contributed by atoms with E-state index in [1.807, 2.05) is 12.1 Å². The van der Waals surface area contributed by atoms with Crippen LogP contribution in [0.3, 0.4) is 0 Å². The number of pyridine rings is 1. The number of hydrogen-bond donors (Lipinski definition) is 2. The lowest BCUT2D eigenvalue weighted by atomic mass is 9.60. The van der Waals surface area contributed by atoms with Gasteiger partial charge < -0.3 is 10.7 Å². The van der Waals surface area contributed by atoms with Crippen LogP contribution in [0.5, 0.6) is 0 Å². The molecule has 0 spiro atoms. The Balaban J connectivity index is 2.24. The number of nitrogens with one attached hydrogen (secondary N) is 1. The molecule has 3 rings (SSSR count). The molecule has 94 valence electrons. The number of nitrogens with two attached hydrogens (primary N) is 1. The van der Waals surface area contributed by atoms with E-state index >= 15 is 0 Å². The standard InChI is InChI=1S/C15H18N2O/c1-3-11-10-6-9(2)8-15(11,16)12-4-5-14(18)17-13(12)7-10/h3-6,10-11H,1,7-8,16H2,2H3,(H,17,18)/t10-,11+,15+/m1/s1. The summed E-state index contributed by atoms with van der Waals surface area (Å²) in [7, 11) is 0. The van der Waals surface area contributed by atoms with Gasteiger partial charge in [-0.25, -0.2) is 0 Å². The first kappa shape index (κ1) is 11.5. The van der Waals surface area contributed by atoms with Crippen LogP contribution in [0.25, 0.3) is 0 Å². The Morgan fingerprint density at radius 1 is 1.56 bits per heavy atom. The highest BCUT2D eigenvalue weighted by molar-refractivity contribution is 5.40. The minimum Gasteiger partial charge on any atom is -0.326 e. The van der Waals surface area contributed by atoms with Crippen molar-refractivity contribution in [3.8, 4) is 0 Å². The quantitative estimate of drug-likeness (QED) is 0.738. The molecule has 0 radical (unpaired) electrons. The fourth-order valence-electron chi connectivity index (χ4n) is 3.69. The molecular weight excluding hydrogens is 224 g/mol. The van der Waals surface area contributed by atoms with Gasteiger partial charge in [-0.3, -0.25) is 4.79 Å². The molecule has 3 heteroatoms. The number of allylic oxidation sites excluding steroid dienone is 1. The molecule has 3 nitrogen and oxygen atoms in total. The molecule has 1 aromatic rings. The zero-order valence-corrected chi connectivity index (χ0v) is 10.6. The Morgan fingerprint density at radius 3 is 3.06 bits per heavy atom. The molecule has 0 saturated carbocycles. The van der Waals surface area contributed by atoms with Gasteiger partial charge in [0.15, 0.2) is 0 Å². The highest BCUT2D eigenvalue weighted by atomic mass is 16.1. The van der Waals surface area contributed by atoms with E-state index < -0.39 is 5.54 Å². The molecule has 0 saturated heterocycles. The molecule has 18 heavy (non-hydrogen) atoms. The minimum atomic E-state index is -0.414. The van der Waals surface area contributed by atoms with Gasteiger partial charge in [0.1, 0.15) is 0 Å². The zero-order chi connectivity index (χ0) is 12.9. The van der Waals surface area contributed by atoms with Crippen LogP contribution in [0.15, 0.2) is 41.2 Å². The van der Waals surface area contributed by atoms with E-state index in [0.717, 1.165) is 24.1 Å². The summed E-state index contributed by atoms with van der Waals surface area (Å²) in [4.78, 5) is 14.4. The Hall–Kier alpha value is -1.61. The number of aromatic nitrogens is 1.